The number of hydrogen-bond acceptors (Lipinski definition) is 8. The fourth-order valence-corrected chi connectivity index (χ4v) is 4.25. The molecule has 0 spiro atoms. The number of anilines is 1. The molecular formula is C21H24N6O3S. The Labute approximate surface area is 183 Å². The maximum atomic E-state index is 12.5. The molecule has 9 nitrogen and oxygen atoms in total. The van der Waals surface area contributed by atoms with E-state index in [0.29, 0.717) is 22.4 Å². The number of furan rings is 1. The molecule has 0 bridgehead atoms. The highest BCUT2D eigenvalue weighted by molar-refractivity contribution is 7.13. The van der Waals surface area contributed by atoms with Crippen LogP contribution in [0.15, 0.2) is 34.2 Å². The van der Waals surface area contributed by atoms with Gasteiger partial charge in [-0.05, 0) is 38.0 Å². The fourth-order valence-electron chi connectivity index (χ4n) is 3.50. The number of nitrogens with zero attached hydrogens (tertiary/aromatic N) is 4. The van der Waals surface area contributed by atoms with Gasteiger partial charge in [0.25, 0.3) is 0 Å². The van der Waals surface area contributed by atoms with E-state index < -0.39 is 0 Å². The molecule has 1 aliphatic rings. The average Bonchev–Trinajstić information content (AvgIpc) is 3.38. The summed E-state index contributed by atoms with van der Waals surface area (Å²) in [7, 11) is 0. The van der Waals surface area contributed by atoms with Crippen LogP contribution in [0.5, 0.6) is 0 Å². The summed E-state index contributed by atoms with van der Waals surface area (Å²) in [4.78, 5) is 39.0. The molecule has 3 aromatic heterocycles. The molecule has 0 aromatic carbocycles. The summed E-state index contributed by atoms with van der Waals surface area (Å²) < 4.78 is 5.61. The van der Waals surface area contributed by atoms with Crippen LogP contribution in [0, 0.1) is 6.92 Å². The minimum atomic E-state index is -0.131. The van der Waals surface area contributed by atoms with Gasteiger partial charge in [-0.25, -0.2) is 15.0 Å². The number of carbonyl (C=O) groups excluding carboxylic acids is 2. The predicted molar refractivity (Wildman–Crippen MR) is 117 cm³/mol. The van der Waals surface area contributed by atoms with Crippen LogP contribution in [0.4, 0.5) is 5.82 Å². The molecule has 162 valence electrons. The fraction of sp³-hybridized carbons (Fsp3) is 0.381. The van der Waals surface area contributed by atoms with Crippen molar-refractivity contribution in [3.8, 4) is 22.3 Å². The number of piperidine rings is 1. The Morgan fingerprint density at radius 3 is 2.74 bits per heavy atom. The van der Waals surface area contributed by atoms with E-state index >= 15 is 0 Å². The number of thiazole rings is 1. The van der Waals surface area contributed by atoms with Crippen LogP contribution in [-0.4, -0.2) is 57.3 Å². The molecule has 31 heavy (non-hydrogen) atoms. The van der Waals surface area contributed by atoms with Crippen LogP contribution in [0.1, 0.15) is 25.5 Å². The first-order valence-electron chi connectivity index (χ1n) is 10.1. The third-order valence-electron chi connectivity index (χ3n) is 4.97. The Balaban J connectivity index is 1.34. The SMILES string of the molecule is CC(=O)NC1CCN(CC(=O)Nc2ccnc(-c3nc(-c4ccc(C)o4)cs3)n2)CC1. The molecule has 1 saturated heterocycles. The summed E-state index contributed by atoms with van der Waals surface area (Å²) in [6, 6.07) is 5.62. The first-order valence-corrected chi connectivity index (χ1v) is 11.0. The Kier molecular flexibility index (Phi) is 6.38. The highest BCUT2D eigenvalue weighted by Crippen LogP contribution is 2.28. The molecule has 4 heterocycles. The Morgan fingerprint density at radius 2 is 2.03 bits per heavy atom. The van der Waals surface area contributed by atoms with Gasteiger partial charge in [-0.15, -0.1) is 11.3 Å². The van der Waals surface area contributed by atoms with E-state index in [-0.39, 0.29) is 24.4 Å². The van der Waals surface area contributed by atoms with E-state index in [2.05, 4.69) is 30.5 Å². The summed E-state index contributed by atoms with van der Waals surface area (Å²) in [5.41, 5.74) is 0.730. The lowest BCUT2D eigenvalue weighted by molar-refractivity contribution is -0.121. The van der Waals surface area contributed by atoms with Crippen LogP contribution >= 0.6 is 11.3 Å². The number of amides is 2. The second-order valence-electron chi connectivity index (χ2n) is 7.51. The van der Waals surface area contributed by atoms with Gasteiger partial charge in [0.2, 0.25) is 11.8 Å². The second kappa shape index (κ2) is 9.36. The molecule has 0 atom stereocenters. The van der Waals surface area contributed by atoms with Gasteiger partial charge in [-0.2, -0.15) is 0 Å². The molecule has 0 saturated carbocycles. The molecule has 1 aliphatic heterocycles. The van der Waals surface area contributed by atoms with E-state index in [1.165, 1.54) is 18.3 Å². The maximum Gasteiger partial charge on any atom is 0.239 e. The highest BCUT2D eigenvalue weighted by atomic mass is 32.1. The van der Waals surface area contributed by atoms with Crippen molar-refractivity contribution < 1.29 is 14.0 Å². The topological polar surface area (TPSA) is 113 Å². The van der Waals surface area contributed by atoms with E-state index in [4.69, 9.17) is 4.42 Å². The van der Waals surface area contributed by atoms with Crippen molar-refractivity contribution in [2.75, 3.05) is 25.0 Å². The minimum Gasteiger partial charge on any atom is -0.460 e. The first kappa shape index (κ1) is 21.1. The number of aromatic nitrogens is 3. The maximum absolute atomic E-state index is 12.5. The molecule has 0 unspecified atom stereocenters. The van der Waals surface area contributed by atoms with Crippen molar-refractivity contribution in [2.24, 2.45) is 0 Å². The normalized spacial score (nSPS) is 15.0. The van der Waals surface area contributed by atoms with Gasteiger partial charge in [-0.3, -0.25) is 14.5 Å². The van der Waals surface area contributed by atoms with Gasteiger partial charge in [0.1, 0.15) is 17.3 Å². The van der Waals surface area contributed by atoms with Crippen molar-refractivity contribution in [2.45, 2.75) is 32.7 Å². The second-order valence-corrected chi connectivity index (χ2v) is 8.37. The average molecular weight is 441 g/mol. The van der Waals surface area contributed by atoms with Gasteiger partial charge < -0.3 is 15.1 Å². The largest absolute Gasteiger partial charge is 0.460 e. The van der Waals surface area contributed by atoms with Crippen LogP contribution in [0.3, 0.4) is 0 Å². The zero-order chi connectivity index (χ0) is 21.8. The molecular weight excluding hydrogens is 416 g/mol. The molecule has 3 aromatic rings. The summed E-state index contributed by atoms with van der Waals surface area (Å²) in [5.74, 6) is 2.27. The van der Waals surface area contributed by atoms with Crippen molar-refractivity contribution in [1.82, 2.24) is 25.2 Å². The van der Waals surface area contributed by atoms with Gasteiger partial charge in [0, 0.05) is 37.6 Å². The molecule has 10 heteroatoms. The molecule has 4 rings (SSSR count). The third kappa shape index (κ3) is 5.53. The summed E-state index contributed by atoms with van der Waals surface area (Å²) in [6.07, 6.45) is 3.28. The Bertz CT molecular complexity index is 1070. The lowest BCUT2D eigenvalue weighted by Crippen LogP contribution is -2.46. The molecule has 0 radical (unpaired) electrons. The number of nitrogens with one attached hydrogen (secondary N) is 2. The van der Waals surface area contributed by atoms with Crippen LogP contribution in [0.2, 0.25) is 0 Å². The minimum absolute atomic E-state index is 0.0117. The standard InChI is InChI=1S/C21H24N6O3S/c1-13-3-4-17(30-13)16-12-31-21(24-16)20-22-8-5-18(26-20)25-19(29)11-27-9-6-15(7-10-27)23-14(2)28/h3-5,8,12,15H,6-7,9-11H2,1-2H3,(H,23,28)(H,22,25,26,29). The number of likely N-dealkylation sites (tertiary alicyclic amines) is 1. The van der Waals surface area contributed by atoms with Gasteiger partial charge in [0.05, 0.1) is 6.54 Å². The molecule has 2 amide bonds. The zero-order valence-corrected chi connectivity index (χ0v) is 18.2. The van der Waals surface area contributed by atoms with Crippen molar-refractivity contribution >= 4 is 29.0 Å². The van der Waals surface area contributed by atoms with E-state index in [9.17, 15) is 9.59 Å². The van der Waals surface area contributed by atoms with Gasteiger partial charge in [0.15, 0.2) is 16.6 Å². The predicted octanol–water partition coefficient (Wildman–Crippen LogP) is 2.71. The van der Waals surface area contributed by atoms with Gasteiger partial charge >= 0.3 is 0 Å². The smallest absolute Gasteiger partial charge is 0.239 e. The van der Waals surface area contributed by atoms with E-state index in [1.807, 2.05) is 24.4 Å². The summed E-state index contributed by atoms with van der Waals surface area (Å²) in [5, 5.41) is 8.33. The zero-order valence-electron chi connectivity index (χ0n) is 17.4. The van der Waals surface area contributed by atoms with Crippen molar-refractivity contribution in [3.05, 3.63) is 35.5 Å². The number of hydrogen-bond donors (Lipinski definition) is 2. The molecule has 1 fully saturated rings. The lowest BCUT2D eigenvalue weighted by atomic mass is 10.1. The van der Waals surface area contributed by atoms with Crippen molar-refractivity contribution in [3.63, 3.8) is 0 Å². The Hall–Kier alpha value is -3.11. The quantitative estimate of drug-likeness (QED) is 0.606. The van der Waals surface area contributed by atoms with E-state index in [0.717, 1.165) is 37.4 Å². The molecule has 2 N–H and O–H groups in total. The highest BCUT2D eigenvalue weighted by Gasteiger charge is 2.21. The first-order chi connectivity index (χ1) is 15.0. The van der Waals surface area contributed by atoms with Crippen LogP contribution in [0.25, 0.3) is 22.3 Å². The third-order valence-corrected chi connectivity index (χ3v) is 5.81. The summed E-state index contributed by atoms with van der Waals surface area (Å²) >= 11 is 1.42. The Morgan fingerprint density at radius 1 is 1.23 bits per heavy atom. The number of rotatable bonds is 6. The summed E-state index contributed by atoms with van der Waals surface area (Å²) in [6.45, 7) is 5.23. The van der Waals surface area contributed by atoms with Gasteiger partial charge in [-0.1, -0.05) is 0 Å². The van der Waals surface area contributed by atoms with Crippen molar-refractivity contribution in [1.29, 1.82) is 0 Å². The molecule has 0 aliphatic carbocycles. The van der Waals surface area contributed by atoms with Crippen LogP contribution in [-0.2, 0) is 9.59 Å². The number of aryl methyl sites for hydroxylation is 1. The monoisotopic (exact) mass is 440 g/mol. The van der Waals surface area contributed by atoms with Crippen LogP contribution < -0.4 is 10.6 Å². The number of carbonyl (C=O) groups is 2. The lowest BCUT2D eigenvalue weighted by Gasteiger charge is -2.31. The van der Waals surface area contributed by atoms with E-state index in [1.54, 1.807) is 12.3 Å².